The van der Waals surface area contributed by atoms with Crippen molar-refractivity contribution in [2.24, 2.45) is 5.10 Å². The fraction of sp³-hybridized carbons (Fsp3) is 0.0909. The molecule has 9 heteroatoms. The van der Waals surface area contributed by atoms with E-state index in [0.29, 0.717) is 34.2 Å². The summed E-state index contributed by atoms with van der Waals surface area (Å²) in [6.45, 7) is 2.40. The molecule has 1 heterocycles. The molecule has 2 N–H and O–H groups in total. The smallest absolute Gasteiger partial charge is 0.353 e. The van der Waals surface area contributed by atoms with Crippen LogP contribution in [0.15, 0.2) is 71.1 Å². The lowest BCUT2D eigenvalue weighted by atomic mass is 10.2. The maximum Gasteiger partial charge on any atom is 0.353 e. The summed E-state index contributed by atoms with van der Waals surface area (Å²) in [4.78, 5) is 36.4. The number of nitrogens with zero attached hydrogens (tertiary/aromatic N) is 1. The maximum atomic E-state index is 12.0. The molecule has 1 aromatic heterocycles. The zero-order chi connectivity index (χ0) is 22.1. The number of amides is 2. The highest BCUT2D eigenvalue weighted by molar-refractivity contribution is 7.12. The first-order valence-corrected chi connectivity index (χ1v) is 10.2. The molecular formula is C22H19N3O5S. The van der Waals surface area contributed by atoms with Gasteiger partial charge in [-0.1, -0.05) is 18.2 Å². The third kappa shape index (κ3) is 6.51. The molecule has 2 amide bonds. The van der Waals surface area contributed by atoms with Crippen molar-refractivity contribution in [2.75, 3.05) is 11.9 Å². The first-order chi connectivity index (χ1) is 15.0. The van der Waals surface area contributed by atoms with Gasteiger partial charge in [-0.15, -0.1) is 11.3 Å². The fourth-order valence-corrected chi connectivity index (χ4v) is 3.01. The summed E-state index contributed by atoms with van der Waals surface area (Å²) in [6.07, 6.45) is 1.34. The third-order valence-corrected chi connectivity index (χ3v) is 4.65. The molecule has 2 aromatic carbocycles. The fourth-order valence-electron chi connectivity index (χ4n) is 2.42. The number of esters is 1. The largest absolute Gasteiger partial charge is 0.494 e. The predicted molar refractivity (Wildman–Crippen MR) is 118 cm³/mol. The number of benzene rings is 2. The van der Waals surface area contributed by atoms with Crippen molar-refractivity contribution in [3.63, 3.8) is 0 Å². The molecule has 3 aromatic rings. The topological polar surface area (TPSA) is 106 Å². The van der Waals surface area contributed by atoms with Gasteiger partial charge in [-0.3, -0.25) is 9.59 Å². The highest BCUT2D eigenvalue weighted by atomic mass is 32.1. The van der Waals surface area contributed by atoms with Crippen molar-refractivity contribution < 1.29 is 23.9 Å². The van der Waals surface area contributed by atoms with Gasteiger partial charge >= 0.3 is 17.8 Å². The summed E-state index contributed by atoms with van der Waals surface area (Å²) < 4.78 is 10.6. The molecule has 0 aliphatic rings. The van der Waals surface area contributed by atoms with E-state index >= 15 is 0 Å². The molecule has 0 fully saturated rings. The standard InChI is InChI=1S/C22H19N3O5S/c1-2-29-17-10-8-16(9-11-17)24-20(26)21(27)25-23-14-15-5-3-6-18(13-15)30-22(28)19-7-4-12-31-19/h3-14H,2H2,1H3,(H,24,26)(H,25,27)/b23-14+. The van der Waals surface area contributed by atoms with Crippen molar-refractivity contribution in [3.8, 4) is 11.5 Å². The molecule has 0 unspecified atom stereocenters. The van der Waals surface area contributed by atoms with Crippen LogP contribution >= 0.6 is 11.3 Å². The SMILES string of the molecule is CCOc1ccc(NC(=O)C(=O)N/N=C/c2cccc(OC(=O)c3cccs3)c2)cc1. The molecule has 0 atom stereocenters. The van der Waals surface area contributed by atoms with Gasteiger partial charge in [0.05, 0.1) is 12.8 Å². The van der Waals surface area contributed by atoms with E-state index in [-0.39, 0.29) is 0 Å². The van der Waals surface area contributed by atoms with Gasteiger partial charge in [0.1, 0.15) is 16.4 Å². The van der Waals surface area contributed by atoms with Crippen LogP contribution in [0.3, 0.4) is 0 Å². The van der Waals surface area contributed by atoms with Gasteiger partial charge in [0.15, 0.2) is 0 Å². The molecule has 0 radical (unpaired) electrons. The summed E-state index contributed by atoms with van der Waals surface area (Å²) in [6, 6.07) is 16.7. The van der Waals surface area contributed by atoms with Crippen LogP contribution in [0.5, 0.6) is 11.5 Å². The average molecular weight is 437 g/mol. The number of anilines is 1. The van der Waals surface area contributed by atoms with E-state index < -0.39 is 17.8 Å². The molecule has 0 saturated heterocycles. The van der Waals surface area contributed by atoms with Gasteiger partial charge in [-0.05, 0) is 60.3 Å². The van der Waals surface area contributed by atoms with Crippen molar-refractivity contribution in [1.82, 2.24) is 5.43 Å². The number of carbonyl (C=O) groups excluding carboxylic acids is 3. The Kier molecular flexibility index (Phi) is 7.50. The molecule has 158 valence electrons. The molecule has 3 rings (SSSR count). The number of rotatable bonds is 7. The van der Waals surface area contributed by atoms with Crippen LogP contribution in [0.1, 0.15) is 22.2 Å². The van der Waals surface area contributed by atoms with Crippen molar-refractivity contribution in [3.05, 3.63) is 76.5 Å². The normalized spacial score (nSPS) is 10.5. The minimum Gasteiger partial charge on any atom is -0.494 e. The Morgan fingerprint density at radius 3 is 2.52 bits per heavy atom. The van der Waals surface area contributed by atoms with Crippen LogP contribution in [0.25, 0.3) is 0 Å². The molecule has 0 saturated carbocycles. The Labute approximate surface area is 182 Å². The highest BCUT2D eigenvalue weighted by Crippen LogP contribution is 2.17. The first kappa shape index (κ1) is 21.7. The second-order valence-corrected chi connectivity index (χ2v) is 7.00. The number of hydrogen-bond donors (Lipinski definition) is 2. The predicted octanol–water partition coefficient (Wildman–Crippen LogP) is 3.45. The quantitative estimate of drug-likeness (QED) is 0.194. The molecule has 0 aliphatic heterocycles. The van der Waals surface area contributed by atoms with E-state index in [2.05, 4.69) is 15.8 Å². The summed E-state index contributed by atoms with van der Waals surface area (Å²) in [5.41, 5.74) is 3.18. The molecule has 31 heavy (non-hydrogen) atoms. The minimum absolute atomic E-state index is 0.335. The highest BCUT2D eigenvalue weighted by Gasteiger charge is 2.13. The van der Waals surface area contributed by atoms with Gasteiger partial charge in [-0.2, -0.15) is 5.10 Å². The molecular weight excluding hydrogens is 418 g/mol. The third-order valence-electron chi connectivity index (χ3n) is 3.80. The van der Waals surface area contributed by atoms with Gasteiger partial charge in [0.2, 0.25) is 0 Å². The van der Waals surface area contributed by atoms with E-state index in [4.69, 9.17) is 9.47 Å². The van der Waals surface area contributed by atoms with Crippen LogP contribution in [0.4, 0.5) is 5.69 Å². The summed E-state index contributed by atoms with van der Waals surface area (Å²) in [7, 11) is 0. The van der Waals surface area contributed by atoms with E-state index in [1.165, 1.54) is 17.6 Å². The van der Waals surface area contributed by atoms with Gasteiger partial charge in [0, 0.05) is 5.69 Å². The van der Waals surface area contributed by atoms with Crippen LogP contribution < -0.4 is 20.2 Å². The lowest BCUT2D eigenvalue weighted by Gasteiger charge is -2.06. The minimum atomic E-state index is -0.926. The van der Waals surface area contributed by atoms with Crippen LogP contribution in [0, 0.1) is 0 Å². The Balaban J connectivity index is 1.51. The number of ether oxygens (including phenoxy) is 2. The lowest BCUT2D eigenvalue weighted by molar-refractivity contribution is -0.136. The lowest BCUT2D eigenvalue weighted by Crippen LogP contribution is -2.32. The average Bonchev–Trinajstić information content (AvgIpc) is 3.31. The first-order valence-electron chi connectivity index (χ1n) is 9.28. The van der Waals surface area contributed by atoms with Gasteiger partial charge < -0.3 is 14.8 Å². The van der Waals surface area contributed by atoms with Gasteiger partial charge in [0.25, 0.3) is 0 Å². The number of thiophene rings is 1. The Hall–Kier alpha value is -3.98. The number of hydrogen-bond acceptors (Lipinski definition) is 7. The van der Waals surface area contributed by atoms with Crippen molar-refractivity contribution in [1.29, 1.82) is 0 Å². The maximum absolute atomic E-state index is 12.0. The van der Waals surface area contributed by atoms with E-state index in [1.807, 2.05) is 6.92 Å². The van der Waals surface area contributed by atoms with Gasteiger partial charge in [-0.25, -0.2) is 10.2 Å². The molecule has 0 spiro atoms. The van der Waals surface area contributed by atoms with E-state index in [0.717, 1.165) is 0 Å². The van der Waals surface area contributed by atoms with Crippen LogP contribution in [-0.4, -0.2) is 30.6 Å². The van der Waals surface area contributed by atoms with Crippen LogP contribution in [0.2, 0.25) is 0 Å². The van der Waals surface area contributed by atoms with E-state index in [1.54, 1.807) is 66.0 Å². The molecule has 0 aliphatic carbocycles. The second-order valence-electron chi connectivity index (χ2n) is 6.05. The number of nitrogens with one attached hydrogen (secondary N) is 2. The molecule has 8 nitrogen and oxygen atoms in total. The zero-order valence-electron chi connectivity index (χ0n) is 16.5. The number of carbonyl (C=O) groups is 3. The number of hydrazone groups is 1. The summed E-state index contributed by atoms with van der Waals surface area (Å²) >= 11 is 1.29. The summed E-state index contributed by atoms with van der Waals surface area (Å²) in [5, 5.41) is 8.02. The summed E-state index contributed by atoms with van der Waals surface area (Å²) in [5.74, 6) is -1.24. The second kappa shape index (κ2) is 10.7. The van der Waals surface area contributed by atoms with Crippen LogP contribution in [-0.2, 0) is 9.59 Å². The van der Waals surface area contributed by atoms with Crippen molar-refractivity contribution in [2.45, 2.75) is 6.92 Å². The molecule has 0 bridgehead atoms. The Bertz CT molecular complexity index is 1080. The van der Waals surface area contributed by atoms with Crippen molar-refractivity contribution >= 4 is 41.0 Å². The van der Waals surface area contributed by atoms with E-state index in [9.17, 15) is 14.4 Å². The zero-order valence-corrected chi connectivity index (χ0v) is 17.3. The Morgan fingerprint density at radius 2 is 1.81 bits per heavy atom. The monoisotopic (exact) mass is 437 g/mol. The Morgan fingerprint density at radius 1 is 1.00 bits per heavy atom.